The molecule has 2 aliphatic rings. The molecule has 0 bridgehead atoms. The number of Topliss-reactive ketones (excluding diaryl/α,β-unsaturated/α-hetero) is 1. The standard InChI is InChI=1S/C32H42O18/c1-10(2)5-14(34)19-20(37)11(3)28(12(4)29(19)50-31-26(43)24(41)22(39)17(8-33)47-31)49-32-27(44)25(42)23(40)18(48-32)9-46-30(45)13-6-15(35)21(38)16(36)7-13/h6-7,10,17-18,22-27,31-33,35-44H,5,8-9H2,1-4H3/t17-,18-,22-,23-,24+,25+,26-,27-,31+,32+/m1/s1. The Kier molecular flexibility index (Phi) is 12.0. The predicted molar refractivity (Wildman–Crippen MR) is 165 cm³/mol. The molecule has 2 fully saturated rings. The van der Waals surface area contributed by atoms with Crippen LogP contribution in [0, 0.1) is 19.8 Å². The number of rotatable bonds is 11. The molecule has 0 aliphatic carbocycles. The number of aliphatic hydroxyl groups is 7. The number of phenolic OH excluding ortho intramolecular Hbond substituents is 4. The molecule has 2 saturated heterocycles. The molecule has 4 rings (SSSR count). The zero-order valence-corrected chi connectivity index (χ0v) is 27.4. The van der Waals surface area contributed by atoms with Gasteiger partial charge in [0.2, 0.25) is 12.6 Å². The molecule has 18 heteroatoms. The normalized spacial score (nSPS) is 29.8. The lowest BCUT2D eigenvalue weighted by Crippen LogP contribution is -2.60. The summed E-state index contributed by atoms with van der Waals surface area (Å²) >= 11 is 0. The van der Waals surface area contributed by atoms with E-state index in [9.17, 15) is 65.8 Å². The van der Waals surface area contributed by atoms with Crippen LogP contribution in [-0.4, -0.2) is 143 Å². The zero-order chi connectivity index (χ0) is 37.4. The van der Waals surface area contributed by atoms with Crippen LogP contribution in [0.2, 0.25) is 0 Å². The molecule has 2 aliphatic heterocycles. The molecule has 0 saturated carbocycles. The maximum atomic E-state index is 13.4. The van der Waals surface area contributed by atoms with E-state index in [1.807, 2.05) is 0 Å². The van der Waals surface area contributed by atoms with Crippen LogP contribution < -0.4 is 9.47 Å². The Morgan fingerprint density at radius 3 is 1.74 bits per heavy atom. The summed E-state index contributed by atoms with van der Waals surface area (Å²) in [6, 6.07) is 1.61. The second-order valence-corrected chi connectivity index (χ2v) is 12.6. The Balaban J connectivity index is 1.66. The molecule has 2 aromatic rings. The first-order valence-corrected chi connectivity index (χ1v) is 15.5. The van der Waals surface area contributed by atoms with Crippen molar-refractivity contribution in [1.82, 2.24) is 0 Å². The molecule has 2 aromatic carbocycles. The van der Waals surface area contributed by atoms with E-state index in [4.69, 9.17) is 23.7 Å². The summed E-state index contributed by atoms with van der Waals surface area (Å²) in [4.78, 5) is 26.0. The van der Waals surface area contributed by atoms with Crippen molar-refractivity contribution in [2.24, 2.45) is 5.92 Å². The third kappa shape index (κ3) is 7.68. The monoisotopic (exact) mass is 714 g/mol. The number of aromatic hydroxyl groups is 4. The molecule has 50 heavy (non-hydrogen) atoms. The number of phenols is 4. The summed E-state index contributed by atoms with van der Waals surface area (Å²) in [5.74, 6) is -5.74. The lowest BCUT2D eigenvalue weighted by atomic mass is 9.94. The van der Waals surface area contributed by atoms with Crippen molar-refractivity contribution in [2.45, 2.75) is 95.5 Å². The highest BCUT2D eigenvalue weighted by Crippen LogP contribution is 2.45. The molecule has 0 spiro atoms. The predicted octanol–water partition coefficient (Wildman–Crippen LogP) is -1.42. The van der Waals surface area contributed by atoms with Crippen molar-refractivity contribution in [3.63, 3.8) is 0 Å². The number of hydrogen-bond donors (Lipinski definition) is 11. The number of hydrogen-bond acceptors (Lipinski definition) is 18. The zero-order valence-electron chi connectivity index (χ0n) is 27.4. The molecule has 0 unspecified atom stereocenters. The van der Waals surface area contributed by atoms with Gasteiger partial charge in [-0.15, -0.1) is 0 Å². The molecule has 0 amide bonds. The van der Waals surface area contributed by atoms with E-state index in [0.29, 0.717) is 0 Å². The topological polar surface area (TPSA) is 303 Å². The van der Waals surface area contributed by atoms with E-state index in [1.54, 1.807) is 13.8 Å². The minimum Gasteiger partial charge on any atom is -0.507 e. The van der Waals surface area contributed by atoms with E-state index in [0.717, 1.165) is 12.1 Å². The highest BCUT2D eigenvalue weighted by Gasteiger charge is 2.48. The fourth-order valence-corrected chi connectivity index (χ4v) is 5.54. The van der Waals surface area contributed by atoms with Gasteiger partial charge in [0.05, 0.1) is 12.2 Å². The Bertz CT molecular complexity index is 1540. The number of aliphatic hydroxyl groups excluding tert-OH is 7. The molecular formula is C32H42O18. The van der Waals surface area contributed by atoms with Gasteiger partial charge < -0.3 is 79.9 Å². The second-order valence-electron chi connectivity index (χ2n) is 12.6. The number of benzene rings is 2. The molecule has 0 radical (unpaired) electrons. The molecule has 0 aromatic heterocycles. The lowest BCUT2D eigenvalue weighted by Gasteiger charge is -2.41. The molecule has 278 valence electrons. The summed E-state index contributed by atoms with van der Waals surface area (Å²) < 4.78 is 27.9. The Morgan fingerprint density at radius 1 is 0.720 bits per heavy atom. The van der Waals surface area contributed by atoms with Crippen molar-refractivity contribution in [1.29, 1.82) is 0 Å². The first kappa shape index (κ1) is 38.8. The summed E-state index contributed by atoms with van der Waals surface area (Å²) in [7, 11) is 0. The van der Waals surface area contributed by atoms with Crippen LogP contribution >= 0.6 is 0 Å². The quantitative estimate of drug-likeness (QED) is 0.0723. The van der Waals surface area contributed by atoms with Gasteiger partial charge in [-0.1, -0.05) is 13.8 Å². The summed E-state index contributed by atoms with van der Waals surface area (Å²) in [6.45, 7) is 4.68. The Hall–Kier alpha value is -3.98. The highest BCUT2D eigenvalue weighted by molar-refractivity contribution is 6.02. The van der Waals surface area contributed by atoms with E-state index in [1.165, 1.54) is 13.8 Å². The fraction of sp³-hybridized carbons (Fsp3) is 0.562. The van der Waals surface area contributed by atoms with Crippen LogP contribution in [0.15, 0.2) is 12.1 Å². The average molecular weight is 715 g/mol. The number of carbonyl (C=O) groups is 2. The van der Waals surface area contributed by atoms with Crippen LogP contribution in [0.1, 0.15) is 52.1 Å². The number of esters is 1. The van der Waals surface area contributed by atoms with Gasteiger partial charge >= 0.3 is 5.97 Å². The largest absolute Gasteiger partial charge is 0.507 e. The van der Waals surface area contributed by atoms with E-state index in [2.05, 4.69) is 0 Å². The van der Waals surface area contributed by atoms with Crippen molar-refractivity contribution < 1.29 is 89.4 Å². The summed E-state index contributed by atoms with van der Waals surface area (Å²) in [5.41, 5.74) is -0.843. The van der Waals surface area contributed by atoms with Crippen LogP contribution in [0.5, 0.6) is 34.5 Å². The lowest BCUT2D eigenvalue weighted by molar-refractivity contribution is -0.278. The van der Waals surface area contributed by atoms with Crippen LogP contribution in [0.4, 0.5) is 0 Å². The smallest absolute Gasteiger partial charge is 0.338 e. The molecule has 10 atom stereocenters. The van der Waals surface area contributed by atoms with Crippen molar-refractivity contribution in [2.75, 3.05) is 13.2 Å². The molecule has 18 nitrogen and oxygen atoms in total. The third-order valence-corrected chi connectivity index (χ3v) is 8.38. The van der Waals surface area contributed by atoms with Gasteiger partial charge in [0.25, 0.3) is 0 Å². The second kappa shape index (κ2) is 15.5. The average Bonchev–Trinajstić information content (AvgIpc) is 3.06. The van der Waals surface area contributed by atoms with Gasteiger partial charge in [-0.3, -0.25) is 4.79 Å². The van der Waals surface area contributed by atoms with Crippen molar-refractivity contribution >= 4 is 11.8 Å². The van der Waals surface area contributed by atoms with Crippen LogP contribution in [0.3, 0.4) is 0 Å². The van der Waals surface area contributed by atoms with E-state index >= 15 is 0 Å². The number of carbonyl (C=O) groups excluding carboxylic acids is 2. The van der Waals surface area contributed by atoms with Crippen LogP contribution in [0.25, 0.3) is 0 Å². The maximum absolute atomic E-state index is 13.4. The first-order valence-electron chi connectivity index (χ1n) is 15.5. The van der Waals surface area contributed by atoms with Gasteiger partial charge in [0.1, 0.15) is 78.3 Å². The van der Waals surface area contributed by atoms with Gasteiger partial charge in [-0.05, 0) is 31.9 Å². The van der Waals surface area contributed by atoms with Gasteiger partial charge in [0, 0.05) is 17.5 Å². The highest BCUT2D eigenvalue weighted by atomic mass is 16.7. The third-order valence-electron chi connectivity index (χ3n) is 8.38. The van der Waals surface area contributed by atoms with E-state index in [-0.39, 0.29) is 34.8 Å². The Labute approximate surface area is 284 Å². The van der Waals surface area contributed by atoms with Gasteiger partial charge in [0.15, 0.2) is 23.0 Å². The summed E-state index contributed by atoms with van der Waals surface area (Å²) in [5, 5.41) is 113. The van der Waals surface area contributed by atoms with E-state index < -0.39 is 121 Å². The molecular weight excluding hydrogens is 672 g/mol. The van der Waals surface area contributed by atoms with Crippen molar-refractivity contribution in [3.05, 3.63) is 34.4 Å². The fourth-order valence-electron chi connectivity index (χ4n) is 5.54. The van der Waals surface area contributed by atoms with Crippen molar-refractivity contribution in [3.8, 4) is 34.5 Å². The summed E-state index contributed by atoms with van der Waals surface area (Å²) in [6.07, 6.45) is -17.8. The number of ether oxygens (including phenoxy) is 5. The van der Waals surface area contributed by atoms with Gasteiger partial charge in [-0.2, -0.15) is 0 Å². The molecule has 2 heterocycles. The SMILES string of the molecule is Cc1c(O)c(C(=O)CC(C)C)c(O[C@@H]2O[C@H](CO)[C@@H](O)[C@H](O)[C@H]2O)c(C)c1O[C@@H]1O[C@H](COC(=O)c2cc(O)c(O)c(O)c2)[C@@H](O)[C@H](O)[C@H]1O. The number of ketones is 1. The van der Waals surface area contributed by atoms with Gasteiger partial charge in [-0.25, -0.2) is 4.79 Å². The first-order chi connectivity index (χ1) is 23.4. The van der Waals surface area contributed by atoms with Crippen LogP contribution in [-0.2, 0) is 14.2 Å². The maximum Gasteiger partial charge on any atom is 0.338 e. The minimum atomic E-state index is -1.94. The minimum absolute atomic E-state index is 0.0318. The molecule has 11 N–H and O–H groups in total. The Morgan fingerprint density at radius 2 is 1.22 bits per heavy atom.